The Kier molecular flexibility index (Phi) is 10.0. The minimum absolute atomic E-state index is 0.111. The molecule has 0 aliphatic heterocycles. The van der Waals surface area contributed by atoms with Gasteiger partial charge in [0.2, 0.25) is 5.82 Å². The van der Waals surface area contributed by atoms with Crippen LogP contribution in [0.15, 0.2) is 0 Å². The van der Waals surface area contributed by atoms with Crippen LogP contribution in [0.1, 0.15) is 44.5 Å². The third-order valence-electron chi connectivity index (χ3n) is 3.21. The summed E-state index contributed by atoms with van der Waals surface area (Å²) in [6.45, 7) is 6.19. The maximum absolute atomic E-state index is 13.5. The van der Waals surface area contributed by atoms with Crippen LogP contribution in [-0.4, -0.2) is 41.0 Å². The second-order valence-electron chi connectivity index (χ2n) is 6.32. The lowest BCUT2D eigenvalue weighted by Gasteiger charge is -2.23. The first-order valence-electron chi connectivity index (χ1n) is 8.67. The molecule has 5 nitrogen and oxygen atoms in total. The molecule has 28 heavy (non-hydrogen) atoms. The Balaban J connectivity index is 2.48. The lowest BCUT2D eigenvalue weighted by molar-refractivity contribution is -0.275. The van der Waals surface area contributed by atoms with E-state index >= 15 is 0 Å². The highest BCUT2D eigenvalue weighted by Gasteiger charge is 2.30. The third kappa shape index (κ3) is 7.11. The first-order chi connectivity index (χ1) is 13.1. The number of halogens is 5. The van der Waals surface area contributed by atoms with Crippen LogP contribution in [0.3, 0.4) is 0 Å². The number of rotatable bonds is 11. The molecule has 0 saturated carbocycles. The average Bonchev–Trinajstić information content (AvgIpc) is 2.60. The summed E-state index contributed by atoms with van der Waals surface area (Å²) in [4.78, 5) is 11.7. The molecule has 11 heteroatoms. The van der Waals surface area contributed by atoms with Crippen LogP contribution in [0, 0.1) is 29.1 Å². The summed E-state index contributed by atoms with van der Waals surface area (Å²) in [6.07, 6.45) is 0.0590. The lowest BCUT2D eigenvalue weighted by Crippen LogP contribution is -2.28. The maximum atomic E-state index is 13.5. The summed E-state index contributed by atoms with van der Waals surface area (Å²) >= 11 is 0. The molecule has 160 valence electrons. The number of hydrogen-bond donors (Lipinski definition) is 0. The van der Waals surface area contributed by atoms with Gasteiger partial charge in [-0.3, -0.25) is 0 Å². The van der Waals surface area contributed by atoms with Gasteiger partial charge in [0.05, 0.1) is 18.8 Å². The molecule has 0 N–H and O–H groups in total. The van der Waals surface area contributed by atoms with Gasteiger partial charge in [-0.15, -0.1) is 0 Å². The Morgan fingerprint density at radius 2 is 1.32 bits per heavy atom. The minimum Gasteiger partial charge on any atom is -0.462 e. The van der Waals surface area contributed by atoms with Gasteiger partial charge in [-0.2, -0.15) is 0 Å². The minimum atomic E-state index is -2.34. The van der Waals surface area contributed by atoms with Gasteiger partial charge in [0, 0.05) is 0 Å². The van der Waals surface area contributed by atoms with Crippen LogP contribution in [0.5, 0.6) is 0 Å². The summed E-state index contributed by atoms with van der Waals surface area (Å²) in [5.41, 5.74) is -1.61. The molecule has 0 aliphatic carbocycles. The number of hydrogen-bond acceptors (Lipinski definition) is 5. The Labute approximate surface area is 162 Å². The van der Waals surface area contributed by atoms with E-state index in [9.17, 15) is 26.7 Å². The van der Waals surface area contributed by atoms with E-state index in [0.29, 0.717) is 6.04 Å². The average molecular weight is 430 g/mol. The molecule has 0 aromatic heterocycles. The molecule has 1 aromatic carbocycles. The fourth-order valence-electron chi connectivity index (χ4n) is 1.96. The van der Waals surface area contributed by atoms with Gasteiger partial charge in [0.15, 0.2) is 33.0 Å². The van der Waals surface area contributed by atoms with E-state index in [1.807, 2.05) is 27.7 Å². The SMILES string of the molecule is CC(C)OC(O[SiH2]CCCOC(=O)c1c(F)c(F)c(F)c(F)c1F)OC(C)C. The van der Waals surface area contributed by atoms with Gasteiger partial charge in [-0.25, -0.2) is 26.7 Å². The predicted molar refractivity (Wildman–Crippen MR) is 91.8 cm³/mol. The predicted octanol–water partition coefficient (Wildman–Crippen LogP) is 3.58. The van der Waals surface area contributed by atoms with Gasteiger partial charge in [0.1, 0.15) is 5.56 Å². The molecule has 0 bridgehead atoms. The van der Waals surface area contributed by atoms with Crippen molar-refractivity contribution in [1.82, 2.24) is 0 Å². The molecule has 0 heterocycles. The van der Waals surface area contributed by atoms with E-state index in [0.717, 1.165) is 0 Å². The van der Waals surface area contributed by atoms with Crippen molar-refractivity contribution in [3.05, 3.63) is 34.6 Å². The van der Waals surface area contributed by atoms with Crippen molar-refractivity contribution < 1.29 is 45.4 Å². The molecule has 0 saturated heterocycles. The Morgan fingerprint density at radius 1 is 0.857 bits per heavy atom. The Morgan fingerprint density at radius 3 is 1.79 bits per heavy atom. The molecule has 0 unspecified atom stereocenters. The topological polar surface area (TPSA) is 54.0 Å². The number of ether oxygens (including phenoxy) is 3. The molecule has 0 spiro atoms. The summed E-state index contributed by atoms with van der Waals surface area (Å²) in [6, 6.07) is 0.504. The zero-order valence-electron chi connectivity index (χ0n) is 16.0. The first-order valence-corrected chi connectivity index (χ1v) is 10.2. The molecule has 0 fully saturated rings. The highest BCUT2D eigenvalue weighted by atomic mass is 28.2. The van der Waals surface area contributed by atoms with Crippen LogP contribution < -0.4 is 0 Å². The van der Waals surface area contributed by atoms with Gasteiger partial charge in [-0.1, -0.05) is 0 Å². The zero-order chi connectivity index (χ0) is 21.4. The third-order valence-corrected chi connectivity index (χ3v) is 4.50. The van der Waals surface area contributed by atoms with Crippen molar-refractivity contribution in [3.63, 3.8) is 0 Å². The van der Waals surface area contributed by atoms with Crippen molar-refractivity contribution in [2.75, 3.05) is 6.61 Å². The molecule has 0 radical (unpaired) electrons. The van der Waals surface area contributed by atoms with Crippen molar-refractivity contribution in [3.8, 4) is 0 Å². The molecular formula is C17H23F5O5Si. The van der Waals surface area contributed by atoms with Crippen LogP contribution in [-0.2, 0) is 18.6 Å². The molecule has 0 aliphatic rings. The molecule has 0 atom stereocenters. The summed E-state index contributed by atoms with van der Waals surface area (Å²) in [5.74, 6) is -12.8. The van der Waals surface area contributed by atoms with E-state index in [1.54, 1.807) is 0 Å². The first kappa shape index (κ1) is 24.5. The molecule has 1 rings (SSSR count). The fourth-order valence-corrected chi connectivity index (χ4v) is 2.88. The summed E-state index contributed by atoms with van der Waals surface area (Å²) in [7, 11) is -1.12. The molecular weight excluding hydrogens is 407 g/mol. The van der Waals surface area contributed by atoms with Crippen molar-refractivity contribution in [1.29, 1.82) is 0 Å². The normalized spacial score (nSPS) is 12.1. The largest absolute Gasteiger partial charge is 0.462 e. The van der Waals surface area contributed by atoms with E-state index in [-0.39, 0.29) is 25.2 Å². The number of benzene rings is 1. The number of carbonyl (C=O) groups is 1. The lowest BCUT2D eigenvalue weighted by atomic mass is 10.1. The van der Waals surface area contributed by atoms with E-state index < -0.39 is 56.9 Å². The number of carbonyl (C=O) groups excluding carboxylic acids is 1. The quantitative estimate of drug-likeness (QED) is 0.102. The number of esters is 1. The van der Waals surface area contributed by atoms with E-state index in [4.69, 9.17) is 13.9 Å². The second kappa shape index (κ2) is 11.4. The fraction of sp³-hybridized carbons (Fsp3) is 0.588. The monoisotopic (exact) mass is 430 g/mol. The highest BCUT2D eigenvalue weighted by Crippen LogP contribution is 2.23. The molecule has 1 aromatic rings. The van der Waals surface area contributed by atoms with Gasteiger partial charge >= 0.3 is 5.97 Å². The maximum Gasteiger partial charge on any atom is 0.344 e. The van der Waals surface area contributed by atoms with Crippen LogP contribution in [0.25, 0.3) is 0 Å². The standard InChI is InChI=1S/C17H23F5O5Si/c1-8(2)25-17(26-9(3)4)27-28-7-5-6-24-16(23)10-11(18)13(20)15(22)14(21)12(10)19/h8-9,17H,5-7,28H2,1-4H3. The zero-order valence-corrected chi connectivity index (χ0v) is 17.4. The Hall–Kier alpha value is -1.56. The van der Waals surface area contributed by atoms with E-state index in [1.165, 1.54) is 0 Å². The van der Waals surface area contributed by atoms with Crippen LogP contribution in [0.2, 0.25) is 6.04 Å². The second-order valence-corrected chi connectivity index (χ2v) is 7.77. The van der Waals surface area contributed by atoms with Gasteiger partial charge in [-0.05, 0) is 40.2 Å². The van der Waals surface area contributed by atoms with Crippen LogP contribution >= 0.6 is 0 Å². The van der Waals surface area contributed by atoms with Gasteiger partial charge in [0.25, 0.3) is 6.48 Å². The summed E-state index contributed by atoms with van der Waals surface area (Å²) in [5, 5.41) is 0. The van der Waals surface area contributed by atoms with Gasteiger partial charge < -0.3 is 18.6 Å². The molecule has 0 amide bonds. The van der Waals surface area contributed by atoms with Crippen molar-refractivity contribution >= 4 is 15.7 Å². The summed E-state index contributed by atoms with van der Waals surface area (Å²) < 4.78 is 87.2. The smallest absolute Gasteiger partial charge is 0.344 e. The highest BCUT2D eigenvalue weighted by molar-refractivity contribution is 6.27. The van der Waals surface area contributed by atoms with Crippen molar-refractivity contribution in [2.45, 2.75) is 58.8 Å². The van der Waals surface area contributed by atoms with Crippen molar-refractivity contribution in [2.24, 2.45) is 0 Å². The van der Waals surface area contributed by atoms with Crippen LogP contribution in [0.4, 0.5) is 22.0 Å². The van der Waals surface area contributed by atoms with E-state index in [2.05, 4.69) is 4.74 Å². The Bertz CT molecular complexity index is 633.